The van der Waals surface area contributed by atoms with Gasteiger partial charge in [0.2, 0.25) is 0 Å². The van der Waals surface area contributed by atoms with E-state index in [2.05, 4.69) is 0 Å². The molecular weight excluding hydrogens is 434 g/mol. The van der Waals surface area contributed by atoms with E-state index in [0.717, 1.165) is 10.0 Å². The Hall–Kier alpha value is -3.52. The van der Waals surface area contributed by atoms with E-state index in [9.17, 15) is 24.5 Å². The van der Waals surface area contributed by atoms with Crippen LogP contribution < -0.4 is 0 Å². The molecule has 9 heteroatoms. The van der Waals surface area contributed by atoms with Crippen LogP contribution in [0.15, 0.2) is 60.7 Å². The number of nitrogens with zero attached hydrogens (tertiary/aromatic N) is 3. The van der Waals surface area contributed by atoms with Crippen LogP contribution in [-0.4, -0.2) is 32.7 Å². The van der Waals surface area contributed by atoms with Crippen molar-refractivity contribution in [2.45, 2.75) is 19.9 Å². The third kappa shape index (κ3) is 3.78. The molecule has 1 aliphatic carbocycles. The van der Waals surface area contributed by atoms with Crippen LogP contribution in [0.3, 0.4) is 0 Å². The topological polar surface area (TPSA) is 101 Å². The van der Waals surface area contributed by atoms with Crippen molar-refractivity contribution in [2.24, 2.45) is 17.8 Å². The zero-order valence-electron chi connectivity index (χ0n) is 17.2. The van der Waals surface area contributed by atoms with Gasteiger partial charge in [-0.05, 0) is 36.1 Å². The summed E-state index contributed by atoms with van der Waals surface area (Å²) < 4.78 is 0. The predicted octanol–water partition coefficient (Wildman–Crippen LogP) is 4.00. The Kier molecular flexibility index (Phi) is 5.80. The van der Waals surface area contributed by atoms with Gasteiger partial charge in [0.1, 0.15) is 0 Å². The number of halogens is 1. The molecule has 164 valence electrons. The number of rotatable bonds is 5. The number of hydrogen-bond acceptors (Lipinski definition) is 5. The van der Waals surface area contributed by atoms with Gasteiger partial charge in [0.05, 0.1) is 23.3 Å². The minimum absolute atomic E-state index is 0.103. The molecule has 2 aromatic carbocycles. The number of hydrazine groups is 1. The van der Waals surface area contributed by atoms with Gasteiger partial charge < -0.3 is 0 Å². The molecule has 32 heavy (non-hydrogen) atoms. The van der Waals surface area contributed by atoms with E-state index in [0.29, 0.717) is 17.0 Å². The van der Waals surface area contributed by atoms with Crippen LogP contribution in [-0.2, 0) is 16.1 Å². The molecule has 0 spiro atoms. The number of fused-ring (bicyclic) bond motifs is 1. The minimum Gasteiger partial charge on any atom is -0.272 e. The first-order valence-corrected chi connectivity index (χ1v) is 10.5. The Bertz CT molecular complexity index is 1130. The van der Waals surface area contributed by atoms with Crippen LogP contribution in [0.25, 0.3) is 0 Å². The molecule has 0 radical (unpaired) electrons. The Balaban J connectivity index is 1.73. The average Bonchev–Trinajstić information content (AvgIpc) is 3.04. The van der Waals surface area contributed by atoms with Crippen molar-refractivity contribution in [1.29, 1.82) is 0 Å². The lowest BCUT2D eigenvalue weighted by molar-refractivity contribution is -0.384. The summed E-state index contributed by atoms with van der Waals surface area (Å²) >= 11 is 6.29. The molecule has 0 bridgehead atoms. The number of allylic oxidation sites excluding steroid dienone is 2. The molecule has 3 amide bonds. The highest BCUT2D eigenvalue weighted by Crippen LogP contribution is 2.39. The number of nitro benzene ring substituents is 1. The highest BCUT2D eigenvalue weighted by Gasteiger charge is 2.53. The highest BCUT2D eigenvalue weighted by atomic mass is 35.5. The van der Waals surface area contributed by atoms with E-state index in [-0.39, 0.29) is 23.7 Å². The summed E-state index contributed by atoms with van der Waals surface area (Å²) in [6.07, 6.45) is 4.23. The molecule has 3 atom stereocenters. The molecule has 0 saturated carbocycles. The van der Waals surface area contributed by atoms with Gasteiger partial charge in [-0.2, -0.15) is 5.01 Å². The van der Waals surface area contributed by atoms with Gasteiger partial charge in [-0.25, -0.2) is 5.01 Å². The largest absolute Gasteiger partial charge is 0.273 e. The lowest BCUT2D eigenvalue weighted by atomic mass is 9.78. The van der Waals surface area contributed by atoms with E-state index in [4.69, 9.17) is 11.6 Å². The van der Waals surface area contributed by atoms with Crippen LogP contribution in [0.5, 0.6) is 0 Å². The summed E-state index contributed by atoms with van der Waals surface area (Å²) in [6, 6.07) is 11.9. The Labute approximate surface area is 189 Å². The van der Waals surface area contributed by atoms with Crippen molar-refractivity contribution in [3.05, 3.63) is 86.9 Å². The van der Waals surface area contributed by atoms with Crippen molar-refractivity contribution >= 4 is 35.0 Å². The van der Waals surface area contributed by atoms with Crippen molar-refractivity contribution in [3.8, 4) is 0 Å². The van der Waals surface area contributed by atoms with Gasteiger partial charge in [-0.1, -0.05) is 48.9 Å². The highest BCUT2D eigenvalue weighted by molar-refractivity contribution is 6.31. The standard InChI is InChI=1S/C23H20ClN3O5/c1-14-5-4-7-18-20(14)23(30)26(22(18)29)25(13-16-6-2-3-8-19(16)24)21(28)15-9-11-17(12-10-15)27(31)32/h2-6,8-12,14,18,20H,7,13H2,1H3/t14-,18+,20+/m1/s1. The van der Waals surface area contributed by atoms with E-state index in [1.165, 1.54) is 24.3 Å². The molecule has 1 fully saturated rings. The third-order valence-corrected chi connectivity index (χ3v) is 6.30. The molecular formula is C23H20ClN3O5. The number of amides is 3. The SMILES string of the molecule is C[C@@H]1C=CC[C@@H]2C(=O)N(N(Cc3ccccc3Cl)C(=O)c3ccc([N+](=O)[O-])cc3)C(=O)[C@@H]12. The number of benzene rings is 2. The average molecular weight is 454 g/mol. The molecule has 1 heterocycles. The summed E-state index contributed by atoms with van der Waals surface area (Å²) in [5.41, 5.74) is 0.508. The third-order valence-electron chi connectivity index (χ3n) is 5.93. The second-order valence-corrected chi connectivity index (χ2v) is 8.31. The van der Waals surface area contributed by atoms with Gasteiger partial charge in [0.25, 0.3) is 23.4 Å². The molecule has 1 aliphatic heterocycles. The molecule has 2 aromatic rings. The second kappa shape index (κ2) is 8.55. The van der Waals surface area contributed by atoms with Crippen molar-refractivity contribution in [1.82, 2.24) is 10.0 Å². The fourth-order valence-electron chi connectivity index (χ4n) is 4.26. The van der Waals surface area contributed by atoms with E-state index in [1.807, 2.05) is 19.1 Å². The summed E-state index contributed by atoms with van der Waals surface area (Å²) in [7, 11) is 0. The summed E-state index contributed by atoms with van der Waals surface area (Å²) in [5, 5.41) is 13.4. The van der Waals surface area contributed by atoms with Crippen LogP contribution in [0.2, 0.25) is 5.02 Å². The molecule has 8 nitrogen and oxygen atoms in total. The summed E-state index contributed by atoms with van der Waals surface area (Å²) in [4.78, 5) is 50.4. The number of nitro groups is 1. The van der Waals surface area contributed by atoms with Gasteiger partial charge in [-0.3, -0.25) is 24.5 Å². The Morgan fingerprint density at radius 3 is 2.47 bits per heavy atom. The molecule has 0 N–H and O–H groups in total. The minimum atomic E-state index is -0.624. The van der Waals surface area contributed by atoms with Gasteiger partial charge in [0, 0.05) is 22.7 Å². The normalized spacial score (nSPS) is 22.1. The van der Waals surface area contributed by atoms with Crippen LogP contribution >= 0.6 is 11.6 Å². The fourth-order valence-corrected chi connectivity index (χ4v) is 4.46. The maximum atomic E-state index is 13.5. The first-order chi connectivity index (χ1) is 15.3. The summed E-state index contributed by atoms with van der Waals surface area (Å²) in [5.74, 6) is -2.68. The van der Waals surface area contributed by atoms with Crippen LogP contribution in [0.1, 0.15) is 29.3 Å². The van der Waals surface area contributed by atoms with Gasteiger partial charge in [-0.15, -0.1) is 0 Å². The number of carbonyl (C=O) groups is 3. The van der Waals surface area contributed by atoms with Gasteiger partial charge >= 0.3 is 0 Å². The number of non-ortho nitro benzene ring substituents is 1. The number of carbonyl (C=O) groups excluding carboxylic acids is 3. The van der Waals surface area contributed by atoms with Crippen molar-refractivity contribution in [2.75, 3.05) is 0 Å². The molecule has 0 aromatic heterocycles. The monoisotopic (exact) mass is 453 g/mol. The Morgan fingerprint density at radius 1 is 1.16 bits per heavy atom. The first-order valence-electron chi connectivity index (χ1n) is 10.1. The van der Waals surface area contributed by atoms with Crippen LogP contribution in [0, 0.1) is 27.9 Å². The first kappa shape index (κ1) is 21.7. The summed E-state index contributed by atoms with van der Waals surface area (Å²) in [6.45, 7) is 1.77. The molecule has 0 unspecified atom stereocenters. The maximum absolute atomic E-state index is 13.5. The second-order valence-electron chi connectivity index (χ2n) is 7.90. The lowest BCUT2D eigenvalue weighted by Crippen LogP contribution is -2.50. The van der Waals surface area contributed by atoms with Gasteiger partial charge in [0.15, 0.2) is 0 Å². The number of imide groups is 1. The number of hydrogen-bond donors (Lipinski definition) is 0. The lowest BCUT2D eigenvalue weighted by Gasteiger charge is -2.31. The predicted molar refractivity (Wildman–Crippen MR) is 116 cm³/mol. The van der Waals surface area contributed by atoms with E-state index >= 15 is 0 Å². The zero-order chi connectivity index (χ0) is 23.0. The molecule has 4 rings (SSSR count). The fraction of sp³-hybridized carbons (Fsp3) is 0.261. The van der Waals surface area contributed by atoms with E-state index in [1.54, 1.807) is 24.3 Å². The van der Waals surface area contributed by atoms with E-state index < -0.39 is 34.5 Å². The molecule has 1 saturated heterocycles. The van der Waals surface area contributed by atoms with Crippen LogP contribution in [0.4, 0.5) is 5.69 Å². The zero-order valence-corrected chi connectivity index (χ0v) is 17.9. The smallest absolute Gasteiger partial charge is 0.272 e. The molecule has 2 aliphatic rings. The quantitative estimate of drug-likeness (QED) is 0.295. The Morgan fingerprint density at radius 2 is 1.84 bits per heavy atom. The van der Waals surface area contributed by atoms with Crippen molar-refractivity contribution in [3.63, 3.8) is 0 Å². The maximum Gasteiger partial charge on any atom is 0.273 e. The van der Waals surface area contributed by atoms with Crippen molar-refractivity contribution < 1.29 is 19.3 Å².